The van der Waals surface area contributed by atoms with E-state index in [1.165, 1.54) is 6.92 Å². The Kier molecular flexibility index (Phi) is 4.74. The van der Waals surface area contributed by atoms with Gasteiger partial charge in [-0.15, -0.1) is 0 Å². The number of allylic oxidation sites excluding steroid dienone is 1. The number of halogens is 5. The maximum atomic E-state index is 13.9. The fraction of sp³-hybridized carbons (Fsp3) is 0.471. The van der Waals surface area contributed by atoms with Crippen molar-refractivity contribution in [2.24, 2.45) is 17.3 Å². The highest BCUT2D eigenvalue weighted by molar-refractivity contribution is 5.78. The van der Waals surface area contributed by atoms with E-state index in [4.69, 9.17) is 4.74 Å². The van der Waals surface area contributed by atoms with E-state index in [1.807, 2.05) is 0 Å². The molecule has 0 aliphatic heterocycles. The standard InChI is InChI=1S/C17H17F5O2/c1-7-9(15(22)14(21)8(2)13(7)20)6-24-16(23)12-10(5-11(18)19)17(12,3)4/h5,10,12H,6H2,1-4H3/t10-,12+/m1/s1. The summed E-state index contributed by atoms with van der Waals surface area (Å²) in [4.78, 5) is 12.0. The predicted molar refractivity (Wildman–Crippen MR) is 76.6 cm³/mol. The fourth-order valence-corrected chi connectivity index (χ4v) is 2.95. The summed E-state index contributed by atoms with van der Waals surface area (Å²) in [6.07, 6.45) is -1.21. The third kappa shape index (κ3) is 3.03. The van der Waals surface area contributed by atoms with Crippen molar-refractivity contribution in [2.75, 3.05) is 0 Å². The average molecular weight is 348 g/mol. The number of hydrogen-bond acceptors (Lipinski definition) is 2. The van der Waals surface area contributed by atoms with Crippen LogP contribution in [0, 0.1) is 48.5 Å². The van der Waals surface area contributed by atoms with Crippen molar-refractivity contribution in [3.63, 3.8) is 0 Å². The molecule has 0 unspecified atom stereocenters. The first-order valence-corrected chi connectivity index (χ1v) is 7.32. The zero-order chi connectivity index (χ0) is 18.4. The van der Waals surface area contributed by atoms with Crippen molar-refractivity contribution in [3.8, 4) is 0 Å². The summed E-state index contributed by atoms with van der Waals surface area (Å²) >= 11 is 0. The van der Waals surface area contributed by atoms with Crippen molar-refractivity contribution in [2.45, 2.75) is 34.3 Å². The summed E-state index contributed by atoms with van der Waals surface area (Å²) < 4.78 is 71.0. The molecule has 2 rings (SSSR count). The first-order chi connectivity index (χ1) is 11.0. The maximum Gasteiger partial charge on any atom is 0.310 e. The summed E-state index contributed by atoms with van der Waals surface area (Å²) in [5, 5.41) is 0. The normalized spacial score (nSPS) is 21.4. The third-order valence-corrected chi connectivity index (χ3v) is 4.73. The first-order valence-electron chi connectivity index (χ1n) is 7.32. The highest BCUT2D eigenvalue weighted by atomic mass is 19.3. The molecule has 1 aliphatic carbocycles. The lowest BCUT2D eigenvalue weighted by Crippen LogP contribution is -2.13. The van der Waals surface area contributed by atoms with E-state index >= 15 is 0 Å². The Hall–Kier alpha value is -1.92. The Morgan fingerprint density at radius 1 is 1.08 bits per heavy atom. The molecule has 0 aromatic heterocycles. The van der Waals surface area contributed by atoms with Crippen LogP contribution in [0.4, 0.5) is 22.0 Å². The van der Waals surface area contributed by atoms with Crippen molar-refractivity contribution in [1.82, 2.24) is 0 Å². The molecule has 0 bridgehead atoms. The molecule has 1 saturated carbocycles. The zero-order valence-corrected chi connectivity index (χ0v) is 13.6. The second-order valence-corrected chi connectivity index (χ2v) is 6.56. The molecule has 0 spiro atoms. The number of rotatable bonds is 4. The van der Waals surface area contributed by atoms with Gasteiger partial charge in [0.15, 0.2) is 11.6 Å². The van der Waals surface area contributed by atoms with Gasteiger partial charge in [0.2, 0.25) is 0 Å². The number of carbonyl (C=O) groups is 1. The van der Waals surface area contributed by atoms with E-state index < -0.39 is 64.5 Å². The molecule has 0 amide bonds. The van der Waals surface area contributed by atoms with Gasteiger partial charge in [0.05, 0.1) is 5.92 Å². The zero-order valence-electron chi connectivity index (χ0n) is 13.6. The quantitative estimate of drug-likeness (QED) is 0.443. The van der Waals surface area contributed by atoms with E-state index in [9.17, 15) is 26.7 Å². The Labute approximate surface area is 136 Å². The van der Waals surface area contributed by atoms with Crippen LogP contribution in [0.5, 0.6) is 0 Å². The minimum absolute atomic E-state index is 0.152. The van der Waals surface area contributed by atoms with Crippen molar-refractivity contribution in [3.05, 3.63) is 46.3 Å². The van der Waals surface area contributed by atoms with Gasteiger partial charge in [-0.05, 0) is 30.9 Å². The van der Waals surface area contributed by atoms with E-state index in [2.05, 4.69) is 0 Å². The van der Waals surface area contributed by atoms with Crippen molar-refractivity contribution in [1.29, 1.82) is 0 Å². The second kappa shape index (κ2) is 6.18. The van der Waals surface area contributed by atoms with Crippen LogP contribution in [0.1, 0.15) is 30.5 Å². The summed E-state index contributed by atoms with van der Waals surface area (Å²) in [6.45, 7) is 4.94. The van der Waals surface area contributed by atoms with Gasteiger partial charge in [0.25, 0.3) is 6.08 Å². The molecule has 2 atom stereocenters. The lowest BCUT2D eigenvalue weighted by atomic mass is 10.0. The molecule has 7 heteroatoms. The monoisotopic (exact) mass is 348 g/mol. The van der Waals surface area contributed by atoms with Crippen LogP contribution in [-0.4, -0.2) is 5.97 Å². The second-order valence-electron chi connectivity index (χ2n) is 6.56. The van der Waals surface area contributed by atoms with Crippen LogP contribution in [0.2, 0.25) is 0 Å². The number of carbonyl (C=O) groups excluding carboxylic acids is 1. The Morgan fingerprint density at radius 3 is 2.21 bits per heavy atom. The summed E-state index contributed by atoms with van der Waals surface area (Å²) in [5.41, 5.74) is -1.71. The number of esters is 1. The number of benzene rings is 1. The van der Waals surface area contributed by atoms with Crippen LogP contribution < -0.4 is 0 Å². The minimum atomic E-state index is -1.90. The smallest absolute Gasteiger partial charge is 0.310 e. The molecule has 1 fully saturated rings. The third-order valence-electron chi connectivity index (χ3n) is 4.73. The van der Waals surface area contributed by atoms with Crippen LogP contribution in [0.3, 0.4) is 0 Å². The van der Waals surface area contributed by atoms with Crippen molar-refractivity contribution < 1.29 is 31.5 Å². The van der Waals surface area contributed by atoms with Crippen LogP contribution >= 0.6 is 0 Å². The molecule has 1 aliphatic rings. The van der Waals surface area contributed by atoms with Gasteiger partial charge < -0.3 is 4.74 Å². The summed E-state index contributed by atoms with van der Waals surface area (Å²) in [5.74, 6) is -5.82. The molecule has 2 nitrogen and oxygen atoms in total. The van der Waals surface area contributed by atoms with Gasteiger partial charge in [0, 0.05) is 17.0 Å². The topological polar surface area (TPSA) is 26.3 Å². The molecular formula is C17H17F5O2. The number of ether oxygens (including phenoxy) is 1. The van der Waals surface area contributed by atoms with Crippen LogP contribution in [0.25, 0.3) is 0 Å². The minimum Gasteiger partial charge on any atom is -0.460 e. The van der Waals surface area contributed by atoms with Gasteiger partial charge >= 0.3 is 5.97 Å². The lowest BCUT2D eigenvalue weighted by Gasteiger charge is -2.13. The van der Waals surface area contributed by atoms with Gasteiger partial charge in [-0.25, -0.2) is 13.2 Å². The molecule has 0 radical (unpaired) electrons. The van der Waals surface area contributed by atoms with E-state index in [1.54, 1.807) is 13.8 Å². The molecule has 24 heavy (non-hydrogen) atoms. The van der Waals surface area contributed by atoms with Gasteiger partial charge in [-0.3, -0.25) is 4.79 Å². The lowest BCUT2D eigenvalue weighted by molar-refractivity contribution is -0.147. The molecule has 1 aromatic rings. The Bertz CT molecular complexity index is 691. The Balaban J connectivity index is 2.16. The highest BCUT2D eigenvalue weighted by Crippen LogP contribution is 2.60. The van der Waals surface area contributed by atoms with E-state index in [-0.39, 0.29) is 5.56 Å². The highest BCUT2D eigenvalue weighted by Gasteiger charge is 2.62. The largest absolute Gasteiger partial charge is 0.460 e. The van der Waals surface area contributed by atoms with E-state index in [0.29, 0.717) is 6.08 Å². The number of hydrogen-bond donors (Lipinski definition) is 0. The predicted octanol–water partition coefficient (Wildman–Crippen LogP) is 4.82. The maximum absolute atomic E-state index is 13.9. The molecule has 1 aromatic carbocycles. The Morgan fingerprint density at radius 2 is 1.67 bits per heavy atom. The first kappa shape index (κ1) is 18.4. The van der Waals surface area contributed by atoms with Crippen LogP contribution in [0.15, 0.2) is 12.2 Å². The molecule has 132 valence electrons. The summed E-state index contributed by atoms with van der Waals surface area (Å²) in [6, 6.07) is 0. The molecule has 0 heterocycles. The molecular weight excluding hydrogens is 331 g/mol. The van der Waals surface area contributed by atoms with Crippen molar-refractivity contribution >= 4 is 5.97 Å². The SMILES string of the molecule is Cc1c(F)c(C)c(COC(=O)[C@@H]2[C@@H](C=C(F)F)C2(C)C)c(F)c1F. The van der Waals surface area contributed by atoms with Gasteiger partial charge in [0.1, 0.15) is 12.4 Å². The molecule has 0 N–H and O–H groups in total. The summed E-state index contributed by atoms with van der Waals surface area (Å²) in [7, 11) is 0. The van der Waals surface area contributed by atoms with Gasteiger partial charge in [-0.1, -0.05) is 13.8 Å². The fourth-order valence-electron chi connectivity index (χ4n) is 2.95. The van der Waals surface area contributed by atoms with Crippen LogP contribution in [-0.2, 0) is 16.1 Å². The molecule has 0 saturated heterocycles. The average Bonchev–Trinajstić information content (AvgIpc) is 3.02. The van der Waals surface area contributed by atoms with E-state index in [0.717, 1.165) is 6.92 Å². The van der Waals surface area contributed by atoms with Gasteiger partial charge in [-0.2, -0.15) is 8.78 Å².